The molecule has 0 fully saturated rings. The summed E-state index contributed by atoms with van der Waals surface area (Å²) in [5, 5.41) is 6.43. The molecule has 132 valence electrons. The van der Waals surface area contributed by atoms with E-state index in [1.165, 1.54) is 36.6 Å². The van der Waals surface area contributed by atoms with Gasteiger partial charge in [0.15, 0.2) is 16.7 Å². The third-order valence-corrected chi connectivity index (χ3v) is 3.92. The van der Waals surface area contributed by atoms with E-state index in [0.29, 0.717) is 5.17 Å². The standard InChI is InChI=1S/C17H21N5O2S/c1-4-25-17(20-13-8-6-5-7-9-13)21-15-14(16(24)18-3)22(11-19-15)10-12(2)23/h5-9,11H,4,10H2,1-3H3,(H,18,24)(H,20,21). The van der Waals surface area contributed by atoms with E-state index in [2.05, 4.69) is 20.6 Å². The van der Waals surface area contributed by atoms with Crippen LogP contribution in [0.15, 0.2) is 41.7 Å². The van der Waals surface area contributed by atoms with Gasteiger partial charge < -0.3 is 15.2 Å². The Hall–Kier alpha value is -2.61. The fraction of sp³-hybridized carbons (Fsp3) is 0.294. The number of ketones is 1. The number of amidine groups is 1. The maximum Gasteiger partial charge on any atom is 0.271 e. The predicted octanol–water partition coefficient (Wildman–Crippen LogP) is 2.68. The lowest BCUT2D eigenvalue weighted by atomic mass is 10.3. The number of thioether (sulfide) groups is 1. The highest BCUT2D eigenvalue weighted by molar-refractivity contribution is 8.14. The molecule has 1 aromatic carbocycles. The quantitative estimate of drug-likeness (QED) is 0.611. The monoisotopic (exact) mass is 359 g/mol. The van der Waals surface area contributed by atoms with Crippen molar-refractivity contribution < 1.29 is 9.59 Å². The average Bonchev–Trinajstić information content (AvgIpc) is 2.97. The van der Waals surface area contributed by atoms with Gasteiger partial charge in [-0.1, -0.05) is 36.9 Å². The first kappa shape index (κ1) is 18.7. The second-order valence-electron chi connectivity index (χ2n) is 5.17. The molecule has 1 heterocycles. The van der Waals surface area contributed by atoms with Gasteiger partial charge in [-0.15, -0.1) is 0 Å². The van der Waals surface area contributed by atoms with E-state index >= 15 is 0 Å². The maximum absolute atomic E-state index is 12.2. The normalized spacial score (nSPS) is 11.2. The summed E-state index contributed by atoms with van der Waals surface area (Å²) in [5.74, 6) is 0.684. The molecule has 0 unspecified atom stereocenters. The largest absolute Gasteiger partial charge is 0.354 e. The number of hydrogen-bond acceptors (Lipinski definition) is 5. The van der Waals surface area contributed by atoms with E-state index < -0.39 is 0 Å². The second kappa shape index (κ2) is 9.03. The van der Waals surface area contributed by atoms with Crippen LogP contribution in [0.25, 0.3) is 0 Å². The zero-order chi connectivity index (χ0) is 18.2. The molecule has 8 heteroatoms. The molecule has 0 spiro atoms. The number of imidazole rings is 1. The van der Waals surface area contributed by atoms with Crippen LogP contribution in [-0.4, -0.2) is 39.2 Å². The molecule has 1 aromatic heterocycles. The molecule has 0 radical (unpaired) electrons. The van der Waals surface area contributed by atoms with Crippen molar-refractivity contribution in [3.05, 3.63) is 42.4 Å². The zero-order valence-corrected chi connectivity index (χ0v) is 15.3. The van der Waals surface area contributed by atoms with E-state index in [9.17, 15) is 9.59 Å². The van der Waals surface area contributed by atoms with Crippen molar-refractivity contribution in [2.75, 3.05) is 18.1 Å². The van der Waals surface area contributed by atoms with E-state index in [0.717, 1.165) is 11.4 Å². The van der Waals surface area contributed by atoms with Crippen molar-refractivity contribution in [1.82, 2.24) is 14.9 Å². The molecule has 0 aliphatic rings. The number of carbonyl (C=O) groups is 2. The number of nitrogens with one attached hydrogen (secondary N) is 2. The lowest BCUT2D eigenvalue weighted by Crippen LogP contribution is -2.23. The van der Waals surface area contributed by atoms with Gasteiger partial charge in [0.05, 0.1) is 12.9 Å². The molecule has 0 atom stereocenters. The number of rotatable bonds is 6. The van der Waals surface area contributed by atoms with Crippen LogP contribution in [0.1, 0.15) is 24.3 Å². The molecule has 2 rings (SSSR count). The Labute approximate surface area is 150 Å². The maximum atomic E-state index is 12.2. The summed E-state index contributed by atoms with van der Waals surface area (Å²) >= 11 is 1.51. The van der Waals surface area contributed by atoms with Crippen molar-refractivity contribution in [3.63, 3.8) is 0 Å². The SMILES string of the molecule is CCSC(=Nc1ncn(CC(C)=O)c1C(=O)NC)Nc1ccccc1. The van der Waals surface area contributed by atoms with Gasteiger partial charge in [-0.3, -0.25) is 9.59 Å². The highest BCUT2D eigenvalue weighted by atomic mass is 32.2. The Morgan fingerprint density at radius 3 is 2.60 bits per heavy atom. The Morgan fingerprint density at radius 1 is 1.28 bits per heavy atom. The van der Waals surface area contributed by atoms with Gasteiger partial charge in [0.2, 0.25) is 0 Å². The topological polar surface area (TPSA) is 88.4 Å². The van der Waals surface area contributed by atoms with Crippen LogP contribution in [-0.2, 0) is 11.3 Å². The van der Waals surface area contributed by atoms with Crippen molar-refractivity contribution in [3.8, 4) is 0 Å². The number of amides is 1. The molecule has 1 amide bonds. The molecule has 2 N–H and O–H groups in total. The number of benzene rings is 1. The molecule has 0 saturated carbocycles. The van der Waals surface area contributed by atoms with Crippen LogP contribution in [0.4, 0.5) is 11.5 Å². The Morgan fingerprint density at radius 2 is 2.00 bits per heavy atom. The first-order valence-corrected chi connectivity index (χ1v) is 8.84. The first-order chi connectivity index (χ1) is 12.0. The molecule has 25 heavy (non-hydrogen) atoms. The number of anilines is 1. The zero-order valence-electron chi connectivity index (χ0n) is 14.4. The number of hydrogen-bond donors (Lipinski definition) is 2. The highest BCUT2D eigenvalue weighted by Gasteiger charge is 2.19. The second-order valence-corrected chi connectivity index (χ2v) is 6.42. The number of para-hydroxylation sites is 1. The van der Waals surface area contributed by atoms with Crippen LogP contribution < -0.4 is 10.6 Å². The third-order valence-electron chi connectivity index (χ3n) is 3.17. The number of Topliss-reactive ketones (excluding diaryl/α,β-unsaturated/α-hetero) is 1. The summed E-state index contributed by atoms with van der Waals surface area (Å²) in [6.45, 7) is 3.56. The van der Waals surface area contributed by atoms with E-state index in [4.69, 9.17) is 0 Å². The third kappa shape index (κ3) is 5.18. The Kier molecular flexibility index (Phi) is 6.76. The van der Waals surface area contributed by atoms with Crippen LogP contribution in [0.3, 0.4) is 0 Å². The van der Waals surface area contributed by atoms with Gasteiger partial charge in [0.25, 0.3) is 5.91 Å². The minimum absolute atomic E-state index is 0.0661. The minimum Gasteiger partial charge on any atom is -0.354 e. The number of aliphatic imine (C=N–C) groups is 1. The molecule has 0 bridgehead atoms. The molecular weight excluding hydrogens is 338 g/mol. The van der Waals surface area contributed by atoms with Gasteiger partial charge in [-0.2, -0.15) is 0 Å². The first-order valence-electron chi connectivity index (χ1n) is 7.85. The molecule has 7 nitrogen and oxygen atoms in total. The highest BCUT2D eigenvalue weighted by Crippen LogP contribution is 2.21. The Balaban J connectivity index is 2.39. The van der Waals surface area contributed by atoms with E-state index in [1.807, 2.05) is 37.3 Å². The van der Waals surface area contributed by atoms with Crippen LogP contribution in [0.5, 0.6) is 0 Å². The molecule has 2 aromatic rings. The van der Waals surface area contributed by atoms with Crippen molar-refractivity contribution in [1.29, 1.82) is 0 Å². The van der Waals surface area contributed by atoms with Gasteiger partial charge in [-0.25, -0.2) is 9.98 Å². The molecule has 0 saturated heterocycles. The summed E-state index contributed by atoms with van der Waals surface area (Å²) < 4.78 is 1.51. The molecule has 0 aliphatic carbocycles. The van der Waals surface area contributed by atoms with Crippen molar-refractivity contribution in [2.45, 2.75) is 20.4 Å². The van der Waals surface area contributed by atoms with Crippen LogP contribution in [0.2, 0.25) is 0 Å². The summed E-state index contributed by atoms with van der Waals surface area (Å²) in [7, 11) is 1.53. The van der Waals surface area contributed by atoms with Crippen LogP contribution in [0, 0.1) is 0 Å². The van der Waals surface area contributed by atoms with Crippen LogP contribution >= 0.6 is 11.8 Å². The smallest absolute Gasteiger partial charge is 0.271 e. The van der Waals surface area contributed by atoms with Gasteiger partial charge in [0.1, 0.15) is 5.78 Å². The van der Waals surface area contributed by atoms with E-state index in [1.54, 1.807) is 0 Å². The lowest BCUT2D eigenvalue weighted by molar-refractivity contribution is -0.117. The molecular formula is C17H21N5O2S. The fourth-order valence-electron chi connectivity index (χ4n) is 2.14. The summed E-state index contributed by atoms with van der Waals surface area (Å²) in [5.41, 5.74) is 1.16. The van der Waals surface area contributed by atoms with Gasteiger partial charge in [-0.05, 0) is 24.8 Å². The number of carbonyl (C=O) groups excluding carboxylic acids is 2. The summed E-state index contributed by atoms with van der Waals surface area (Å²) in [6, 6.07) is 9.64. The number of nitrogens with zero attached hydrogens (tertiary/aromatic N) is 3. The Bertz CT molecular complexity index is 771. The van der Waals surface area contributed by atoms with Gasteiger partial charge >= 0.3 is 0 Å². The number of aromatic nitrogens is 2. The van der Waals surface area contributed by atoms with E-state index in [-0.39, 0.29) is 29.7 Å². The van der Waals surface area contributed by atoms with Crippen molar-refractivity contribution >= 4 is 40.1 Å². The van der Waals surface area contributed by atoms with Gasteiger partial charge in [0, 0.05) is 12.7 Å². The average molecular weight is 359 g/mol. The summed E-state index contributed by atoms with van der Waals surface area (Å²) in [4.78, 5) is 32.4. The van der Waals surface area contributed by atoms with Crippen molar-refractivity contribution in [2.24, 2.45) is 4.99 Å². The minimum atomic E-state index is -0.335. The predicted molar refractivity (Wildman–Crippen MR) is 102 cm³/mol. The summed E-state index contributed by atoms with van der Waals surface area (Å²) in [6.07, 6.45) is 1.46. The lowest BCUT2D eigenvalue weighted by Gasteiger charge is -2.09. The molecule has 0 aliphatic heterocycles. The fourth-order valence-corrected chi connectivity index (χ4v) is 2.75.